The van der Waals surface area contributed by atoms with E-state index < -0.39 is 5.97 Å². The van der Waals surface area contributed by atoms with Gasteiger partial charge in [-0.2, -0.15) is 5.10 Å². The number of hydrogen-bond donors (Lipinski definition) is 2. The van der Waals surface area contributed by atoms with Gasteiger partial charge in [-0.25, -0.2) is 4.79 Å². The van der Waals surface area contributed by atoms with Gasteiger partial charge in [0.2, 0.25) is 0 Å². The summed E-state index contributed by atoms with van der Waals surface area (Å²) in [4.78, 5) is 11.1. The van der Waals surface area contributed by atoms with Crippen LogP contribution in [0.5, 0.6) is 0 Å². The summed E-state index contributed by atoms with van der Waals surface area (Å²) in [5.74, 6) is -0.181. The highest BCUT2D eigenvalue weighted by atomic mass is 16.4. The van der Waals surface area contributed by atoms with Crippen molar-refractivity contribution in [2.24, 2.45) is 13.0 Å². The summed E-state index contributed by atoms with van der Waals surface area (Å²) in [6, 6.07) is 0.434. The predicted molar refractivity (Wildman–Crippen MR) is 68.4 cm³/mol. The van der Waals surface area contributed by atoms with Gasteiger partial charge < -0.3 is 10.4 Å². The summed E-state index contributed by atoms with van der Waals surface area (Å²) >= 11 is 0. The summed E-state index contributed by atoms with van der Waals surface area (Å²) in [6.45, 7) is 2.75. The molecule has 0 amide bonds. The van der Waals surface area contributed by atoms with Crippen LogP contribution in [0.15, 0.2) is 6.20 Å². The molecule has 5 nitrogen and oxygen atoms in total. The second-order valence-corrected chi connectivity index (χ2v) is 5.15. The number of aryl methyl sites for hydroxylation is 1. The Labute approximate surface area is 107 Å². The fourth-order valence-corrected chi connectivity index (χ4v) is 2.73. The molecule has 1 aliphatic rings. The Morgan fingerprint density at radius 3 is 2.89 bits per heavy atom. The minimum atomic E-state index is -0.909. The third kappa shape index (κ3) is 2.72. The first-order chi connectivity index (χ1) is 8.59. The van der Waals surface area contributed by atoms with Crippen molar-refractivity contribution in [3.05, 3.63) is 17.5 Å². The quantitative estimate of drug-likeness (QED) is 0.837. The lowest BCUT2D eigenvalue weighted by molar-refractivity contribution is 0.0695. The summed E-state index contributed by atoms with van der Waals surface area (Å²) in [5.41, 5.74) is 1.04. The first-order valence-electron chi connectivity index (χ1n) is 6.57. The zero-order valence-corrected chi connectivity index (χ0v) is 11.0. The highest BCUT2D eigenvalue weighted by Crippen LogP contribution is 2.27. The van der Waals surface area contributed by atoms with E-state index in [4.69, 9.17) is 5.11 Å². The molecule has 18 heavy (non-hydrogen) atoms. The van der Waals surface area contributed by atoms with E-state index in [1.165, 1.54) is 31.9 Å². The van der Waals surface area contributed by atoms with E-state index in [9.17, 15) is 4.79 Å². The number of aromatic nitrogens is 2. The maximum Gasteiger partial charge on any atom is 0.339 e. The van der Waals surface area contributed by atoms with Gasteiger partial charge in [0.15, 0.2) is 0 Å². The van der Waals surface area contributed by atoms with Crippen molar-refractivity contribution in [3.63, 3.8) is 0 Å². The highest BCUT2D eigenvalue weighted by Gasteiger charge is 2.22. The molecule has 1 aliphatic carbocycles. The Morgan fingerprint density at radius 2 is 2.28 bits per heavy atom. The average molecular weight is 251 g/mol. The van der Waals surface area contributed by atoms with Gasteiger partial charge in [-0.15, -0.1) is 0 Å². The van der Waals surface area contributed by atoms with E-state index in [0.717, 1.165) is 11.6 Å². The van der Waals surface area contributed by atoms with Crippen molar-refractivity contribution in [2.45, 2.75) is 45.2 Å². The first kappa shape index (κ1) is 13.1. The van der Waals surface area contributed by atoms with Crippen molar-refractivity contribution >= 4 is 5.97 Å². The summed E-state index contributed by atoms with van der Waals surface area (Å²) in [6.07, 6.45) is 6.63. The van der Waals surface area contributed by atoms with Crippen molar-refractivity contribution in [1.82, 2.24) is 15.1 Å². The largest absolute Gasteiger partial charge is 0.478 e. The van der Waals surface area contributed by atoms with E-state index in [2.05, 4.69) is 17.3 Å². The van der Waals surface area contributed by atoms with Crippen LogP contribution in [0.1, 0.15) is 48.7 Å². The fourth-order valence-electron chi connectivity index (χ4n) is 2.73. The van der Waals surface area contributed by atoms with Gasteiger partial charge in [0.05, 0.1) is 11.9 Å². The van der Waals surface area contributed by atoms with Gasteiger partial charge in [-0.05, 0) is 25.7 Å². The second-order valence-electron chi connectivity index (χ2n) is 5.15. The molecule has 1 aromatic rings. The predicted octanol–water partition coefficient (Wildman–Crippen LogP) is 1.79. The Bertz CT molecular complexity index is 422. The Hall–Kier alpha value is -1.36. The molecule has 1 aromatic heterocycles. The molecule has 0 aromatic carbocycles. The number of aromatic carboxylic acids is 1. The Kier molecular flexibility index (Phi) is 4.01. The average Bonchev–Trinajstić information content (AvgIpc) is 2.95. The molecular formula is C13H21N3O2. The van der Waals surface area contributed by atoms with Gasteiger partial charge in [-0.1, -0.05) is 12.8 Å². The number of nitrogens with one attached hydrogen (secondary N) is 1. The van der Waals surface area contributed by atoms with Crippen LogP contribution in [-0.2, 0) is 13.6 Å². The lowest BCUT2D eigenvalue weighted by Gasteiger charge is -2.20. The van der Waals surface area contributed by atoms with Gasteiger partial charge >= 0.3 is 5.97 Å². The molecule has 1 unspecified atom stereocenters. The molecule has 0 radical (unpaired) electrons. The molecule has 5 heteroatoms. The number of carboxylic acids is 1. The SMILES string of the molecule is CC(NCc1c(C(=O)O)cnn1C)C1CCCC1. The number of hydrogen-bond acceptors (Lipinski definition) is 3. The molecule has 2 rings (SSSR count). The van der Waals surface area contributed by atoms with Gasteiger partial charge in [0.1, 0.15) is 5.56 Å². The molecule has 2 N–H and O–H groups in total. The van der Waals surface area contributed by atoms with Crippen molar-refractivity contribution in [3.8, 4) is 0 Å². The summed E-state index contributed by atoms with van der Waals surface area (Å²) < 4.78 is 1.64. The van der Waals surface area contributed by atoms with E-state index in [-0.39, 0.29) is 0 Å². The number of carbonyl (C=O) groups is 1. The fraction of sp³-hybridized carbons (Fsp3) is 0.692. The number of carboxylic acid groups (broad SMARTS) is 1. The third-order valence-corrected chi connectivity index (χ3v) is 3.99. The van der Waals surface area contributed by atoms with Crippen LogP contribution in [0.2, 0.25) is 0 Å². The maximum absolute atomic E-state index is 11.1. The third-order valence-electron chi connectivity index (χ3n) is 3.99. The molecule has 1 heterocycles. The molecular weight excluding hydrogens is 230 g/mol. The summed E-state index contributed by atoms with van der Waals surface area (Å²) in [5, 5.41) is 16.5. The molecule has 0 aliphatic heterocycles. The van der Waals surface area contributed by atoms with Crippen molar-refractivity contribution in [2.75, 3.05) is 0 Å². The maximum atomic E-state index is 11.1. The number of nitrogens with zero attached hydrogens (tertiary/aromatic N) is 2. The van der Waals surface area contributed by atoms with E-state index in [1.807, 2.05) is 0 Å². The minimum absolute atomic E-state index is 0.295. The van der Waals surface area contributed by atoms with Crippen molar-refractivity contribution < 1.29 is 9.90 Å². The number of rotatable bonds is 5. The standard InChI is InChI=1S/C13H21N3O2/c1-9(10-5-3-4-6-10)14-8-12-11(13(17)18)7-15-16(12)2/h7,9-10,14H,3-6,8H2,1-2H3,(H,17,18). The molecule has 0 saturated heterocycles. The van der Waals surface area contributed by atoms with Crippen LogP contribution in [0.3, 0.4) is 0 Å². The normalized spacial score (nSPS) is 18.1. The summed E-state index contributed by atoms with van der Waals surface area (Å²) in [7, 11) is 1.78. The zero-order chi connectivity index (χ0) is 13.1. The topological polar surface area (TPSA) is 67.2 Å². The lowest BCUT2D eigenvalue weighted by atomic mass is 10.00. The molecule has 1 saturated carbocycles. The van der Waals surface area contributed by atoms with Crippen LogP contribution in [0.25, 0.3) is 0 Å². The molecule has 0 spiro atoms. The zero-order valence-electron chi connectivity index (χ0n) is 11.0. The Balaban J connectivity index is 1.97. The van der Waals surface area contributed by atoms with Crippen molar-refractivity contribution in [1.29, 1.82) is 0 Å². The smallest absolute Gasteiger partial charge is 0.339 e. The van der Waals surface area contributed by atoms with Gasteiger partial charge in [0, 0.05) is 19.6 Å². The van der Waals surface area contributed by atoms with Crippen LogP contribution < -0.4 is 5.32 Å². The molecule has 1 atom stereocenters. The molecule has 0 bridgehead atoms. The molecule has 1 fully saturated rings. The molecule has 100 valence electrons. The van der Waals surface area contributed by atoms with E-state index >= 15 is 0 Å². The van der Waals surface area contributed by atoms with Crippen LogP contribution >= 0.6 is 0 Å². The first-order valence-corrected chi connectivity index (χ1v) is 6.57. The van der Waals surface area contributed by atoms with Crippen LogP contribution in [0, 0.1) is 5.92 Å². The van der Waals surface area contributed by atoms with E-state index in [1.54, 1.807) is 11.7 Å². The van der Waals surface area contributed by atoms with Gasteiger partial charge in [-0.3, -0.25) is 4.68 Å². The monoisotopic (exact) mass is 251 g/mol. The van der Waals surface area contributed by atoms with Crippen LogP contribution in [0.4, 0.5) is 0 Å². The van der Waals surface area contributed by atoms with Crippen LogP contribution in [-0.4, -0.2) is 26.9 Å². The van der Waals surface area contributed by atoms with E-state index in [0.29, 0.717) is 18.2 Å². The second kappa shape index (κ2) is 5.52. The lowest BCUT2D eigenvalue weighted by Crippen LogP contribution is -2.32. The highest BCUT2D eigenvalue weighted by molar-refractivity contribution is 5.88. The van der Waals surface area contributed by atoms with Gasteiger partial charge in [0.25, 0.3) is 0 Å². The Morgan fingerprint density at radius 1 is 1.61 bits per heavy atom. The minimum Gasteiger partial charge on any atom is -0.478 e.